The van der Waals surface area contributed by atoms with Crippen LogP contribution in [-0.2, 0) is 4.79 Å². The van der Waals surface area contributed by atoms with Gasteiger partial charge in [-0.3, -0.25) is 4.79 Å². The van der Waals surface area contributed by atoms with E-state index in [1.807, 2.05) is 0 Å². The normalized spacial score (nSPS) is 50.6. The van der Waals surface area contributed by atoms with E-state index < -0.39 is 0 Å². The maximum atomic E-state index is 12.0. The van der Waals surface area contributed by atoms with E-state index in [1.54, 1.807) is 5.57 Å². The molecule has 4 aliphatic rings. The molecule has 0 aromatic rings. The molecule has 76 valence electrons. The van der Waals surface area contributed by atoms with Crippen LogP contribution in [0.1, 0.15) is 46.0 Å². The largest absolute Gasteiger partial charge is 0.299 e. The van der Waals surface area contributed by atoms with Gasteiger partial charge in [-0.25, -0.2) is 0 Å². The maximum absolute atomic E-state index is 12.0. The number of hydrogen-bond acceptors (Lipinski definition) is 1. The van der Waals surface area contributed by atoms with Gasteiger partial charge < -0.3 is 0 Å². The van der Waals surface area contributed by atoms with E-state index in [0.717, 1.165) is 18.8 Å². The minimum absolute atomic E-state index is 0.0822. The summed E-state index contributed by atoms with van der Waals surface area (Å²) in [6.07, 6.45) is 8.09. The van der Waals surface area contributed by atoms with E-state index >= 15 is 0 Å². The van der Waals surface area contributed by atoms with Gasteiger partial charge in [0.1, 0.15) is 5.78 Å². The molecule has 0 aromatic carbocycles. The number of carbonyl (C=O) groups is 1. The first-order chi connectivity index (χ1) is 6.57. The van der Waals surface area contributed by atoms with Crippen molar-refractivity contribution in [2.45, 2.75) is 46.0 Å². The van der Waals surface area contributed by atoms with Gasteiger partial charge in [0.15, 0.2) is 0 Å². The van der Waals surface area contributed by atoms with E-state index in [-0.39, 0.29) is 5.41 Å². The first kappa shape index (κ1) is 8.70. The minimum Gasteiger partial charge on any atom is -0.299 e. The molecule has 4 aliphatic carbocycles. The summed E-state index contributed by atoms with van der Waals surface area (Å²) in [5, 5.41) is 0. The van der Waals surface area contributed by atoms with Gasteiger partial charge in [-0.05, 0) is 38.5 Å². The lowest BCUT2D eigenvalue weighted by molar-refractivity contribution is -0.133. The smallest absolute Gasteiger partial charge is 0.143 e. The zero-order valence-corrected chi connectivity index (χ0v) is 9.10. The molecule has 1 nitrogen and oxygen atoms in total. The maximum Gasteiger partial charge on any atom is 0.143 e. The van der Waals surface area contributed by atoms with Crippen LogP contribution in [0.15, 0.2) is 11.6 Å². The molecule has 3 atom stereocenters. The number of fused-ring (bicyclic) bond motifs is 2. The van der Waals surface area contributed by atoms with E-state index in [9.17, 15) is 4.79 Å². The quantitative estimate of drug-likeness (QED) is 0.536. The molecule has 0 aliphatic heterocycles. The Morgan fingerprint density at radius 2 is 2.21 bits per heavy atom. The lowest BCUT2D eigenvalue weighted by Crippen LogP contribution is -2.46. The van der Waals surface area contributed by atoms with Crippen LogP contribution in [0.4, 0.5) is 0 Å². The van der Waals surface area contributed by atoms with Crippen LogP contribution in [0.5, 0.6) is 0 Å². The van der Waals surface area contributed by atoms with E-state index in [2.05, 4.69) is 19.9 Å². The van der Waals surface area contributed by atoms with Crippen LogP contribution in [0.25, 0.3) is 0 Å². The summed E-state index contributed by atoms with van der Waals surface area (Å²) in [6, 6.07) is 0. The molecule has 1 spiro atoms. The standard InChI is InChI=1S/C13H18O/c1-9-3-4-10-7-12(2)5-6-13(9,10)8-11(12)14/h7,9H,3-6,8H2,1-2H3/t9?,12-,13-/m1/s1. The summed E-state index contributed by atoms with van der Waals surface area (Å²) < 4.78 is 0. The summed E-state index contributed by atoms with van der Waals surface area (Å²) in [4.78, 5) is 12.0. The summed E-state index contributed by atoms with van der Waals surface area (Å²) in [5.41, 5.74) is 1.86. The third-order valence-corrected chi connectivity index (χ3v) is 5.13. The SMILES string of the molecule is CC1CCC2=C[C@@]3(C)CC[C@]21CC3=O. The number of ketones is 1. The van der Waals surface area contributed by atoms with Crippen LogP contribution >= 0.6 is 0 Å². The van der Waals surface area contributed by atoms with Gasteiger partial charge in [0.2, 0.25) is 0 Å². The van der Waals surface area contributed by atoms with Crippen LogP contribution in [-0.4, -0.2) is 5.78 Å². The Hall–Kier alpha value is -0.590. The van der Waals surface area contributed by atoms with Gasteiger partial charge in [0, 0.05) is 17.3 Å². The van der Waals surface area contributed by atoms with Gasteiger partial charge in [-0.2, -0.15) is 0 Å². The number of hydrogen-bond donors (Lipinski definition) is 0. The van der Waals surface area contributed by atoms with Crippen molar-refractivity contribution in [3.05, 3.63) is 11.6 Å². The molecule has 0 amide bonds. The Labute approximate surface area is 85.6 Å². The van der Waals surface area contributed by atoms with E-state index in [0.29, 0.717) is 11.2 Å². The monoisotopic (exact) mass is 190 g/mol. The van der Waals surface area contributed by atoms with Crippen LogP contribution in [0, 0.1) is 16.7 Å². The summed E-state index contributed by atoms with van der Waals surface area (Å²) in [5.74, 6) is 1.24. The second kappa shape index (κ2) is 2.32. The second-order valence-electron chi connectivity index (χ2n) is 5.78. The Morgan fingerprint density at radius 1 is 1.43 bits per heavy atom. The van der Waals surface area contributed by atoms with Gasteiger partial charge in [0.25, 0.3) is 0 Å². The fourth-order valence-electron chi connectivity index (χ4n) is 3.86. The third-order valence-electron chi connectivity index (χ3n) is 5.13. The zero-order valence-electron chi connectivity index (χ0n) is 9.10. The molecular formula is C13H18O. The Balaban J connectivity index is 2.16. The predicted octanol–water partition coefficient (Wildman–Crippen LogP) is 3.10. The summed E-state index contributed by atoms with van der Waals surface area (Å²) in [7, 11) is 0. The average molecular weight is 190 g/mol. The Bertz CT molecular complexity index is 341. The van der Waals surface area contributed by atoms with Crippen molar-refractivity contribution >= 4 is 5.78 Å². The zero-order chi connectivity index (χ0) is 9.97. The van der Waals surface area contributed by atoms with Crippen molar-refractivity contribution in [2.24, 2.45) is 16.7 Å². The van der Waals surface area contributed by atoms with Crippen molar-refractivity contribution in [1.82, 2.24) is 0 Å². The number of Topliss-reactive ketones (excluding diaryl/α,β-unsaturated/α-hetero) is 1. The van der Waals surface area contributed by atoms with Crippen LogP contribution in [0.3, 0.4) is 0 Å². The van der Waals surface area contributed by atoms with Crippen molar-refractivity contribution in [3.8, 4) is 0 Å². The first-order valence-corrected chi connectivity index (χ1v) is 5.82. The van der Waals surface area contributed by atoms with Crippen molar-refractivity contribution in [2.75, 3.05) is 0 Å². The Morgan fingerprint density at radius 3 is 2.93 bits per heavy atom. The lowest BCUT2D eigenvalue weighted by Gasteiger charge is -2.49. The van der Waals surface area contributed by atoms with Gasteiger partial charge in [-0.1, -0.05) is 18.6 Å². The van der Waals surface area contributed by atoms with E-state index in [1.165, 1.54) is 19.3 Å². The van der Waals surface area contributed by atoms with Crippen molar-refractivity contribution in [1.29, 1.82) is 0 Å². The molecule has 0 heterocycles. The highest BCUT2D eigenvalue weighted by atomic mass is 16.1. The molecule has 1 unspecified atom stereocenters. The molecule has 0 radical (unpaired) electrons. The molecule has 1 heteroatoms. The second-order valence-corrected chi connectivity index (χ2v) is 5.78. The van der Waals surface area contributed by atoms with Gasteiger partial charge in [-0.15, -0.1) is 0 Å². The topological polar surface area (TPSA) is 17.1 Å². The van der Waals surface area contributed by atoms with Crippen molar-refractivity contribution < 1.29 is 4.79 Å². The number of rotatable bonds is 0. The van der Waals surface area contributed by atoms with Gasteiger partial charge >= 0.3 is 0 Å². The van der Waals surface area contributed by atoms with Crippen LogP contribution < -0.4 is 0 Å². The molecule has 0 saturated heterocycles. The Kier molecular flexibility index (Phi) is 1.44. The number of carbonyl (C=O) groups excluding carboxylic acids is 1. The van der Waals surface area contributed by atoms with Gasteiger partial charge in [0.05, 0.1) is 0 Å². The average Bonchev–Trinajstić information content (AvgIpc) is 2.45. The summed E-state index contributed by atoms with van der Waals surface area (Å²) in [6.45, 7) is 4.47. The highest BCUT2D eigenvalue weighted by Gasteiger charge is 2.56. The third kappa shape index (κ3) is 0.796. The molecule has 0 aromatic heterocycles. The minimum atomic E-state index is -0.0822. The highest BCUT2D eigenvalue weighted by molar-refractivity contribution is 5.90. The van der Waals surface area contributed by atoms with Crippen LogP contribution in [0.2, 0.25) is 0 Å². The highest BCUT2D eigenvalue weighted by Crippen LogP contribution is 2.62. The summed E-state index contributed by atoms with van der Waals surface area (Å²) >= 11 is 0. The fourth-order valence-corrected chi connectivity index (χ4v) is 3.86. The molecule has 2 saturated carbocycles. The molecule has 14 heavy (non-hydrogen) atoms. The fraction of sp³-hybridized carbons (Fsp3) is 0.769. The van der Waals surface area contributed by atoms with Crippen molar-refractivity contribution in [3.63, 3.8) is 0 Å². The molecule has 2 bridgehead atoms. The molecule has 4 rings (SSSR count). The molecule has 2 fully saturated rings. The predicted molar refractivity (Wildman–Crippen MR) is 55.9 cm³/mol. The number of allylic oxidation sites excluding steroid dienone is 2. The van der Waals surface area contributed by atoms with E-state index in [4.69, 9.17) is 0 Å². The molecular weight excluding hydrogens is 172 g/mol. The molecule has 0 N–H and O–H groups in total. The first-order valence-electron chi connectivity index (χ1n) is 5.82. The lowest BCUT2D eigenvalue weighted by atomic mass is 9.53.